The first kappa shape index (κ1) is 21.8. The molecule has 0 saturated heterocycles. The standard InChI is InChI=1S/C20H16Cl2N4O3S/c21-12-6-7-14(15(22)10-12)16(11-19(27)28)23-20(30)24-17-8-9-18(26-25-17)29-13-4-2-1-3-5-13/h1-10,16H,11H2,(H,27,28)(H2,23,24,25,30)/t16-/m0/s1. The zero-order chi connectivity index (χ0) is 21.5. The van der Waals surface area contributed by atoms with Crippen molar-refractivity contribution in [1.29, 1.82) is 0 Å². The first-order valence-electron chi connectivity index (χ1n) is 8.71. The van der Waals surface area contributed by atoms with E-state index in [1.54, 1.807) is 42.5 Å². The summed E-state index contributed by atoms with van der Waals surface area (Å²) in [4.78, 5) is 11.3. The lowest BCUT2D eigenvalue weighted by Crippen LogP contribution is -2.34. The summed E-state index contributed by atoms with van der Waals surface area (Å²) >= 11 is 17.4. The van der Waals surface area contributed by atoms with Crippen LogP contribution in [0.1, 0.15) is 18.0 Å². The molecule has 0 aliphatic rings. The highest BCUT2D eigenvalue weighted by Crippen LogP contribution is 2.28. The highest BCUT2D eigenvalue weighted by molar-refractivity contribution is 7.80. The number of hydrogen-bond acceptors (Lipinski definition) is 5. The second-order valence-corrected chi connectivity index (χ2v) is 7.34. The Morgan fingerprint density at radius 1 is 1.10 bits per heavy atom. The molecule has 0 radical (unpaired) electrons. The number of aliphatic carboxylic acids is 1. The van der Waals surface area contributed by atoms with Crippen LogP contribution in [0.25, 0.3) is 0 Å². The fraction of sp³-hybridized carbons (Fsp3) is 0.100. The average molecular weight is 463 g/mol. The second-order valence-electron chi connectivity index (χ2n) is 6.09. The van der Waals surface area contributed by atoms with Gasteiger partial charge in [0.05, 0.1) is 12.5 Å². The van der Waals surface area contributed by atoms with E-state index in [0.29, 0.717) is 33.1 Å². The van der Waals surface area contributed by atoms with Crippen LogP contribution in [0, 0.1) is 0 Å². The lowest BCUT2D eigenvalue weighted by atomic mass is 10.0. The molecular formula is C20H16Cl2N4O3S. The lowest BCUT2D eigenvalue weighted by molar-refractivity contribution is -0.137. The van der Waals surface area contributed by atoms with Gasteiger partial charge >= 0.3 is 5.97 Å². The van der Waals surface area contributed by atoms with Gasteiger partial charge in [0.2, 0.25) is 5.88 Å². The smallest absolute Gasteiger partial charge is 0.305 e. The van der Waals surface area contributed by atoms with E-state index in [0.717, 1.165) is 0 Å². The van der Waals surface area contributed by atoms with Crippen LogP contribution in [0.15, 0.2) is 60.7 Å². The van der Waals surface area contributed by atoms with E-state index in [9.17, 15) is 9.90 Å². The van der Waals surface area contributed by atoms with Gasteiger partial charge < -0.3 is 20.5 Å². The maximum Gasteiger partial charge on any atom is 0.305 e. The zero-order valence-corrected chi connectivity index (χ0v) is 17.7. The number of nitrogens with zero attached hydrogens (tertiary/aromatic N) is 2. The summed E-state index contributed by atoms with van der Waals surface area (Å²) in [7, 11) is 0. The number of aromatic nitrogens is 2. The van der Waals surface area contributed by atoms with E-state index in [4.69, 9.17) is 40.2 Å². The Morgan fingerprint density at radius 2 is 1.87 bits per heavy atom. The van der Waals surface area contributed by atoms with Crippen molar-refractivity contribution in [2.45, 2.75) is 12.5 Å². The van der Waals surface area contributed by atoms with Gasteiger partial charge in [0.1, 0.15) is 5.75 Å². The van der Waals surface area contributed by atoms with Crippen molar-refractivity contribution in [3.63, 3.8) is 0 Å². The monoisotopic (exact) mass is 462 g/mol. The van der Waals surface area contributed by atoms with Gasteiger partial charge in [0.25, 0.3) is 0 Å². The Hall–Kier alpha value is -2.94. The van der Waals surface area contributed by atoms with E-state index < -0.39 is 12.0 Å². The number of benzene rings is 2. The molecule has 2 aromatic carbocycles. The molecule has 0 amide bonds. The number of carboxylic acid groups (broad SMARTS) is 1. The summed E-state index contributed by atoms with van der Waals surface area (Å²) in [6.45, 7) is 0. The molecular weight excluding hydrogens is 447 g/mol. The normalized spacial score (nSPS) is 11.4. The number of carboxylic acids is 1. The first-order valence-corrected chi connectivity index (χ1v) is 9.88. The molecule has 0 spiro atoms. The molecule has 0 bridgehead atoms. The molecule has 7 nitrogen and oxygen atoms in total. The summed E-state index contributed by atoms with van der Waals surface area (Å²) in [5.41, 5.74) is 0.560. The molecule has 3 aromatic rings. The molecule has 0 aliphatic heterocycles. The van der Waals surface area contributed by atoms with Gasteiger partial charge in [-0.3, -0.25) is 4.79 Å². The van der Waals surface area contributed by atoms with E-state index in [1.807, 2.05) is 18.2 Å². The van der Waals surface area contributed by atoms with Gasteiger partial charge in [0.15, 0.2) is 10.9 Å². The maximum atomic E-state index is 11.3. The predicted octanol–water partition coefficient (Wildman–Crippen LogP) is 5.08. The number of hydrogen-bond donors (Lipinski definition) is 3. The fourth-order valence-electron chi connectivity index (χ4n) is 2.56. The van der Waals surface area contributed by atoms with Crippen molar-refractivity contribution in [3.05, 3.63) is 76.3 Å². The first-order chi connectivity index (χ1) is 14.4. The molecule has 0 unspecified atom stereocenters. The maximum absolute atomic E-state index is 11.3. The Kier molecular flexibility index (Phi) is 7.40. The summed E-state index contributed by atoms with van der Waals surface area (Å²) in [6, 6.07) is 16.6. The molecule has 0 aliphatic carbocycles. The largest absolute Gasteiger partial charge is 0.481 e. The lowest BCUT2D eigenvalue weighted by Gasteiger charge is -2.20. The minimum atomic E-state index is -1.01. The summed E-state index contributed by atoms with van der Waals surface area (Å²) < 4.78 is 5.59. The van der Waals surface area contributed by atoms with Gasteiger partial charge in [-0.2, -0.15) is 0 Å². The number of ether oxygens (including phenoxy) is 1. The van der Waals surface area contributed by atoms with Crippen LogP contribution in [-0.4, -0.2) is 26.4 Å². The van der Waals surface area contributed by atoms with Crippen LogP contribution in [0.5, 0.6) is 11.6 Å². The number of thiocarbonyl (C=S) groups is 1. The van der Waals surface area contributed by atoms with Crippen molar-refractivity contribution in [1.82, 2.24) is 15.5 Å². The SMILES string of the molecule is O=C(O)C[C@H](NC(=S)Nc1ccc(Oc2ccccc2)nn1)c1ccc(Cl)cc1Cl. The third-order valence-corrected chi connectivity index (χ3v) is 4.65. The van der Waals surface area contributed by atoms with E-state index in [-0.39, 0.29) is 11.5 Å². The molecule has 30 heavy (non-hydrogen) atoms. The van der Waals surface area contributed by atoms with Crippen LogP contribution in [0.4, 0.5) is 5.82 Å². The van der Waals surface area contributed by atoms with Gasteiger partial charge in [-0.25, -0.2) is 0 Å². The number of nitrogens with one attached hydrogen (secondary N) is 2. The summed E-state index contributed by atoms with van der Waals surface area (Å²) in [5.74, 6) is 0.316. The second kappa shape index (κ2) is 10.2. The molecule has 3 rings (SSSR count). The van der Waals surface area contributed by atoms with Gasteiger partial charge in [-0.1, -0.05) is 47.5 Å². The summed E-state index contributed by atoms with van der Waals surface area (Å²) in [5, 5.41) is 24.0. The minimum Gasteiger partial charge on any atom is -0.481 e. The van der Waals surface area contributed by atoms with Crippen molar-refractivity contribution in [2.75, 3.05) is 5.32 Å². The quantitative estimate of drug-likeness (QED) is 0.418. The zero-order valence-electron chi connectivity index (χ0n) is 15.4. The Bertz CT molecular complexity index is 1040. The molecule has 0 fully saturated rings. The number of halogens is 2. The molecule has 10 heteroatoms. The fourth-order valence-corrected chi connectivity index (χ4v) is 3.35. The van der Waals surface area contributed by atoms with Crippen molar-refractivity contribution in [3.8, 4) is 11.6 Å². The number of rotatable bonds is 7. The minimum absolute atomic E-state index is 0.165. The molecule has 1 atom stereocenters. The third kappa shape index (κ3) is 6.28. The van der Waals surface area contributed by atoms with Crippen LogP contribution in [-0.2, 0) is 4.79 Å². The number of anilines is 1. The molecule has 1 aromatic heterocycles. The van der Waals surface area contributed by atoms with Gasteiger partial charge in [-0.15, -0.1) is 10.2 Å². The molecule has 0 saturated carbocycles. The van der Waals surface area contributed by atoms with E-state index in [2.05, 4.69) is 20.8 Å². The third-order valence-electron chi connectivity index (χ3n) is 3.87. The number of para-hydroxylation sites is 1. The van der Waals surface area contributed by atoms with Crippen LogP contribution in [0.3, 0.4) is 0 Å². The van der Waals surface area contributed by atoms with Gasteiger partial charge in [-0.05, 0) is 48.1 Å². The molecule has 3 N–H and O–H groups in total. The van der Waals surface area contributed by atoms with Crippen molar-refractivity contribution < 1.29 is 14.6 Å². The van der Waals surface area contributed by atoms with Crippen LogP contribution in [0.2, 0.25) is 10.0 Å². The Labute approximate surface area is 188 Å². The van der Waals surface area contributed by atoms with Crippen LogP contribution >= 0.6 is 35.4 Å². The molecule has 154 valence electrons. The van der Waals surface area contributed by atoms with Crippen LogP contribution < -0.4 is 15.4 Å². The highest BCUT2D eigenvalue weighted by atomic mass is 35.5. The summed E-state index contributed by atoms with van der Waals surface area (Å²) in [6.07, 6.45) is -0.237. The number of carbonyl (C=O) groups is 1. The average Bonchev–Trinajstić information content (AvgIpc) is 2.69. The Morgan fingerprint density at radius 3 is 2.50 bits per heavy atom. The highest BCUT2D eigenvalue weighted by Gasteiger charge is 2.20. The van der Waals surface area contributed by atoms with E-state index in [1.165, 1.54) is 0 Å². The molecule has 1 heterocycles. The van der Waals surface area contributed by atoms with Crippen molar-refractivity contribution in [2.24, 2.45) is 0 Å². The van der Waals surface area contributed by atoms with E-state index >= 15 is 0 Å². The topological polar surface area (TPSA) is 96.4 Å². The Balaban J connectivity index is 1.65. The van der Waals surface area contributed by atoms with Crippen molar-refractivity contribution >= 4 is 52.3 Å². The van der Waals surface area contributed by atoms with Gasteiger partial charge in [0, 0.05) is 16.1 Å². The predicted molar refractivity (Wildman–Crippen MR) is 119 cm³/mol.